The fourth-order valence-corrected chi connectivity index (χ4v) is 3.03. The van der Waals surface area contributed by atoms with E-state index in [9.17, 15) is 14.4 Å². The number of thiophene rings is 1. The maximum absolute atomic E-state index is 12.1. The SMILES string of the molecule is CCc1cc(C(=O)O)c(NC(=O)C2CCC(=O)NC2)s1. The third-order valence-corrected chi connectivity index (χ3v) is 4.43. The van der Waals surface area contributed by atoms with Crippen molar-refractivity contribution in [1.82, 2.24) is 5.32 Å². The van der Waals surface area contributed by atoms with Crippen molar-refractivity contribution in [3.63, 3.8) is 0 Å². The molecule has 1 unspecified atom stereocenters. The number of hydrogen-bond donors (Lipinski definition) is 3. The summed E-state index contributed by atoms with van der Waals surface area (Å²) in [7, 11) is 0. The lowest BCUT2D eigenvalue weighted by molar-refractivity contribution is -0.126. The van der Waals surface area contributed by atoms with Gasteiger partial charge in [-0.2, -0.15) is 0 Å². The largest absolute Gasteiger partial charge is 0.478 e. The number of amides is 2. The third kappa shape index (κ3) is 3.16. The Kier molecular flexibility index (Phi) is 4.39. The Morgan fingerprint density at radius 1 is 1.55 bits per heavy atom. The molecule has 1 aliphatic heterocycles. The third-order valence-electron chi connectivity index (χ3n) is 3.23. The smallest absolute Gasteiger partial charge is 0.338 e. The van der Waals surface area contributed by atoms with E-state index in [-0.39, 0.29) is 23.3 Å². The lowest BCUT2D eigenvalue weighted by Crippen LogP contribution is -2.40. The summed E-state index contributed by atoms with van der Waals surface area (Å²) in [5.74, 6) is -1.64. The second-order valence-electron chi connectivity index (χ2n) is 4.64. The second kappa shape index (κ2) is 6.04. The van der Waals surface area contributed by atoms with Crippen LogP contribution in [0.3, 0.4) is 0 Å². The van der Waals surface area contributed by atoms with E-state index in [4.69, 9.17) is 5.11 Å². The number of carbonyl (C=O) groups excluding carboxylic acids is 2. The fourth-order valence-electron chi connectivity index (χ4n) is 2.04. The summed E-state index contributed by atoms with van der Waals surface area (Å²) in [5.41, 5.74) is 0.125. The fraction of sp³-hybridized carbons (Fsp3) is 0.462. The molecule has 20 heavy (non-hydrogen) atoms. The number of carboxylic acid groups (broad SMARTS) is 1. The molecule has 1 atom stereocenters. The van der Waals surface area contributed by atoms with E-state index < -0.39 is 5.97 Å². The predicted octanol–water partition coefficient (Wildman–Crippen LogP) is 1.47. The highest BCUT2D eigenvalue weighted by molar-refractivity contribution is 7.16. The molecule has 1 aromatic heterocycles. The summed E-state index contributed by atoms with van der Waals surface area (Å²) in [6, 6.07) is 1.59. The van der Waals surface area contributed by atoms with Gasteiger partial charge < -0.3 is 15.7 Å². The van der Waals surface area contributed by atoms with Crippen LogP contribution in [-0.4, -0.2) is 29.4 Å². The van der Waals surface area contributed by atoms with E-state index >= 15 is 0 Å². The Morgan fingerprint density at radius 3 is 2.85 bits per heavy atom. The molecule has 1 saturated heterocycles. The van der Waals surface area contributed by atoms with Gasteiger partial charge in [-0.3, -0.25) is 9.59 Å². The van der Waals surface area contributed by atoms with Crippen molar-refractivity contribution in [2.24, 2.45) is 5.92 Å². The van der Waals surface area contributed by atoms with Gasteiger partial charge in [-0.25, -0.2) is 4.79 Å². The number of carboxylic acids is 1. The van der Waals surface area contributed by atoms with Crippen LogP contribution >= 0.6 is 11.3 Å². The quantitative estimate of drug-likeness (QED) is 0.784. The molecule has 0 aromatic carbocycles. The summed E-state index contributed by atoms with van der Waals surface area (Å²) in [4.78, 5) is 35.2. The summed E-state index contributed by atoms with van der Waals surface area (Å²) in [5, 5.41) is 14.8. The minimum atomic E-state index is -1.05. The number of aromatic carboxylic acids is 1. The molecule has 2 heterocycles. The van der Waals surface area contributed by atoms with Gasteiger partial charge in [-0.05, 0) is 18.9 Å². The molecular formula is C13H16N2O4S. The first-order chi connectivity index (χ1) is 9.51. The first-order valence-corrected chi connectivity index (χ1v) is 7.26. The van der Waals surface area contributed by atoms with Crippen LogP contribution in [0.4, 0.5) is 5.00 Å². The van der Waals surface area contributed by atoms with Crippen molar-refractivity contribution in [3.8, 4) is 0 Å². The molecule has 1 aliphatic rings. The molecule has 2 rings (SSSR count). The molecule has 2 amide bonds. The van der Waals surface area contributed by atoms with E-state index in [0.29, 0.717) is 24.4 Å². The molecule has 0 aliphatic carbocycles. The van der Waals surface area contributed by atoms with Gasteiger partial charge in [0.05, 0.1) is 11.5 Å². The van der Waals surface area contributed by atoms with Crippen molar-refractivity contribution in [2.75, 3.05) is 11.9 Å². The molecule has 0 spiro atoms. The molecule has 7 heteroatoms. The molecule has 0 radical (unpaired) electrons. The topological polar surface area (TPSA) is 95.5 Å². The number of aryl methyl sites for hydroxylation is 1. The molecular weight excluding hydrogens is 280 g/mol. The molecule has 0 saturated carbocycles. The van der Waals surface area contributed by atoms with E-state index in [1.54, 1.807) is 6.07 Å². The molecule has 3 N–H and O–H groups in total. The number of piperidine rings is 1. The van der Waals surface area contributed by atoms with E-state index in [1.807, 2.05) is 6.92 Å². The molecule has 6 nitrogen and oxygen atoms in total. The number of hydrogen-bond acceptors (Lipinski definition) is 4. The summed E-state index contributed by atoms with van der Waals surface area (Å²) < 4.78 is 0. The number of nitrogens with one attached hydrogen (secondary N) is 2. The van der Waals surface area contributed by atoms with Crippen LogP contribution in [0.1, 0.15) is 35.0 Å². The zero-order valence-corrected chi connectivity index (χ0v) is 11.9. The number of anilines is 1. The van der Waals surface area contributed by atoms with Gasteiger partial charge >= 0.3 is 5.97 Å². The minimum Gasteiger partial charge on any atom is -0.478 e. The van der Waals surface area contributed by atoms with Gasteiger partial charge in [0.2, 0.25) is 11.8 Å². The van der Waals surface area contributed by atoms with Gasteiger partial charge in [0.1, 0.15) is 5.00 Å². The van der Waals surface area contributed by atoms with Crippen LogP contribution in [0.5, 0.6) is 0 Å². The first-order valence-electron chi connectivity index (χ1n) is 6.44. The number of carbonyl (C=O) groups is 3. The van der Waals surface area contributed by atoms with Crippen LogP contribution in [0, 0.1) is 5.92 Å². The van der Waals surface area contributed by atoms with Crippen molar-refractivity contribution >= 4 is 34.1 Å². The second-order valence-corrected chi connectivity index (χ2v) is 5.78. The number of rotatable bonds is 4. The van der Waals surface area contributed by atoms with Crippen molar-refractivity contribution in [3.05, 3.63) is 16.5 Å². The molecule has 0 bridgehead atoms. The standard InChI is InChI=1S/C13H16N2O4S/c1-2-8-5-9(13(18)19)12(20-8)15-11(17)7-3-4-10(16)14-6-7/h5,7H,2-4,6H2,1H3,(H,14,16)(H,15,17)(H,18,19). The van der Waals surface area contributed by atoms with Gasteiger partial charge in [0.25, 0.3) is 0 Å². The Balaban J connectivity index is 2.09. The van der Waals surface area contributed by atoms with Crippen LogP contribution in [0.15, 0.2) is 6.07 Å². The Morgan fingerprint density at radius 2 is 2.30 bits per heavy atom. The molecule has 108 valence electrons. The van der Waals surface area contributed by atoms with Crippen LogP contribution in [-0.2, 0) is 16.0 Å². The van der Waals surface area contributed by atoms with Gasteiger partial charge in [0.15, 0.2) is 0 Å². The Bertz CT molecular complexity index is 543. The summed E-state index contributed by atoms with van der Waals surface area (Å²) in [6.07, 6.45) is 1.54. The highest BCUT2D eigenvalue weighted by atomic mass is 32.1. The summed E-state index contributed by atoms with van der Waals surface area (Å²) >= 11 is 1.28. The molecule has 1 aromatic rings. The normalized spacial score (nSPS) is 18.4. The maximum atomic E-state index is 12.1. The predicted molar refractivity (Wildman–Crippen MR) is 75.0 cm³/mol. The van der Waals surface area contributed by atoms with Crippen LogP contribution in [0.2, 0.25) is 0 Å². The monoisotopic (exact) mass is 296 g/mol. The maximum Gasteiger partial charge on any atom is 0.338 e. The van der Waals surface area contributed by atoms with E-state index in [0.717, 1.165) is 11.3 Å². The average Bonchev–Trinajstić information content (AvgIpc) is 2.82. The van der Waals surface area contributed by atoms with Crippen LogP contribution in [0.25, 0.3) is 0 Å². The average molecular weight is 296 g/mol. The van der Waals surface area contributed by atoms with E-state index in [2.05, 4.69) is 10.6 Å². The molecule has 1 fully saturated rings. The van der Waals surface area contributed by atoms with Gasteiger partial charge in [-0.15, -0.1) is 11.3 Å². The highest BCUT2D eigenvalue weighted by Crippen LogP contribution is 2.29. The zero-order valence-electron chi connectivity index (χ0n) is 11.1. The van der Waals surface area contributed by atoms with E-state index in [1.165, 1.54) is 11.3 Å². The van der Waals surface area contributed by atoms with Crippen molar-refractivity contribution in [2.45, 2.75) is 26.2 Å². The van der Waals surface area contributed by atoms with Crippen LogP contribution < -0.4 is 10.6 Å². The van der Waals surface area contributed by atoms with Gasteiger partial charge in [-0.1, -0.05) is 6.92 Å². The van der Waals surface area contributed by atoms with Crippen molar-refractivity contribution in [1.29, 1.82) is 0 Å². The highest BCUT2D eigenvalue weighted by Gasteiger charge is 2.26. The first kappa shape index (κ1) is 14.5. The van der Waals surface area contributed by atoms with Crippen molar-refractivity contribution < 1.29 is 19.5 Å². The summed E-state index contributed by atoms with van der Waals surface area (Å²) in [6.45, 7) is 2.23. The lowest BCUT2D eigenvalue weighted by atomic mass is 9.98. The minimum absolute atomic E-state index is 0.0512. The zero-order chi connectivity index (χ0) is 14.7. The Labute approximate surface area is 120 Å². The van der Waals surface area contributed by atoms with Gasteiger partial charge in [0, 0.05) is 17.8 Å². The Hall–Kier alpha value is -1.89. The lowest BCUT2D eigenvalue weighted by Gasteiger charge is -2.21.